The van der Waals surface area contributed by atoms with Crippen molar-refractivity contribution in [2.75, 3.05) is 19.6 Å². The fourth-order valence-electron chi connectivity index (χ4n) is 3.75. The fraction of sp³-hybridized carbons (Fsp3) is 0.455. The molecule has 0 amide bonds. The molecule has 0 aliphatic carbocycles. The molecule has 0 bridgehead atoms. The van der Waals surface area contributed by atoms with Crippen LogP contribution in [0, 0.1) is 11.7 Å². The highest BCUT2D eigenvalue weighted by atomic mass is 19.1. The number of piperidine rings is 1. The predicted octanol–water partition coefficient (Wildman–Crippen LogP) is 3.01. The lowest BCUT2D eigenvalue weighted by Crippen LogP contribution is -2.47. The molecule has 2 aromatic rings. The van der Waals surface area contributed by atoms with E-state index < -0.39 is 6.10 Å². The quantitative estimate of drug-likeness (QED) is 0.802. The SMILES string of the molecule is NC(Cc1ccccc1)C(O)CN1CCC(Cc2ccc(F)cc2)CC1. The number of benzene rings is 2. The number of aliphatic hydroxyl groups is 1. The highest BCUT2D eigenvalue weighted by Crippen LogP contribution is 2.22. The zero-order valence-corrected chi connectivity index (χ0v) is 15.2. The van der Waals surface area contributed by atoms with E-state index in [0.29, 0.717) is 18.9 Å². The van der Waals surface area contributed by atoms with E-state index in [1.54, 1.807) is 0 Å². The van der Waals surface area contributed by atoms with E-state index in [1.807, 2.05) is 42.5 Å². The van der Waals surface area contributed by atoms with Crippen LogP contribution in [0.15, 0.2) is 54.6 Å². The van der Waals surface area contributed by atoms with Gasteiger partial charge in [0.05, 0.1) is 6.10 Å². The molecule has 2 unspecified atom stereocenters. The average molecular weight is 356 g/mol. The van der Waals surface area contributed by atoms with Crippen molar-refractivity contribution in [3.63, 3.8) is 0 Å². The summed E-state index contributed by atoms with van der Waals surface area (Å²) in [6.45, 7) is 2.61. The number of likely N-dealkylation sites (tertiary alicyclic amines) is 1. The smallest absolute Gasteiger partial charge is 0.123 e. The maximum Gasteiger partial charge on any atom is 0.123 e. The predicted molar refractivity (Wildman–Crippen MR) is 103 cm³/mol. The number of nitrogens with two attached hydrogens (primary N) is 1. The van der Waals surface area contributed by atoms with Gasteiger partial charge in [-0.15, -0.1) is 0 Å². The van der Waals surface area contributed by atoms with Gasteiger partial charge in [0, 0.05) is 12.6 Å². The third-order valence-electron chi connectivity index (χ3n) is 5.40. The lowest BCUT2D eigenvalue weighted by Gasteiger charge is -2.34. The first-order valence-electron chi connectivity index (χ1n) is 9.54. The van der Waals surface area contributed by atoms with Crippen LogP contribution in [0.25, 0.3) is 0 Å². The van der Waals surface area contributed by atoms with Crippen LogP contribution in [0.5, 0.6) is 0 Å². The molecule has 2 atom stereocenters. The topological polar surface area (TPSA) is 49.5 Å². The molecule has 0 aromatic heterocycles. The molecule has 3 rings (SSSR count). The molecule has 140 valence electrons. The largest absolute Gasteiger partial charge is 0.390 e. The van der Waals surface area contributed by atoms with Gasteiger partial charge in [0.25, 0.3) is 0 Å². The zero-order chi connectivity index (χ0) is 18.4. The molecule has 1 saturated heterocycles. The Balaban J connectivity index is 1.41. The molecule has 1 aliphatic heterocycles. The van der Waals surface area contributed by atoms with Crippen LogP contribution in [0.3, 0.4) is 0 Å². The Kier molecular flexibility index (Phi) is 6.78. The molecular formula is C22H29FN2O. The van der Waals surface area contributed by atoms with Gasteiger partial charge in [-0.2, -0.15) is 0 Å². The molecule has 1 aliphatic rings. The zero-order valence-electron chi connectivity index (χ0n) is 15.2. The molecule has 1 heterocycles. The summed E-state index contributed by atoms with van der Waals surface area (Å²) in [5.41, 5.74) is 8.57. The van der Waals surface area contributed by atoms with Crippen molar-refractivity contribution in [1.82, 2.24) is 4.90 Å². The number of hydrogen-bond donors (Lipinski definition) is 2. The minimum atomic E-state index is -0.510. The van der Waals surface area contributed by atoms with Crippen LogP contribution in [0.1, 0.15) is 24.0 Å². The molecular weight excluding hydrogens is 327 g/mol. The summed E-state index contributed by atoms with van der Waals surface area (Å²) in [5, 5.41) is 10.5. The normalized spacial score (nSPS) is 18.6. The molecule has 2 aromatic carbocycles. The van der Waals surface area contributed by atoms with E-state index in [4.69, 9.17) is 5.73 Å². The summed E-state index contributed by atoms with van der Waals surface area (Å²) < 4.78 is 13.0. The Morgan fingerprint density at radius 3 is 2.31 bits per heavy atom. The van der Waals surface area contributed by atoms with E-state index in [-0.39, 0.29) is 11.9 Å². The van der Waals surface area contributed by atoms with Crippen molar-refractivity contribution in [2.45, 2.75) is 37.8 Å². The van der Waals surface area contributed by atoms with Crippen molar-refractivity contribution in [2.24, 2.45) is 11.7 Å². The minimum Gasteiger partial charge on any atom is -0.390 e. The second-order valence-electron chi connectivity index (χ2n) is 7.50. The van der Waals surface area contributed by atoms with E-state index in [9.17, 15) is 9.50 Å². The average Bonchev–Trinajstić information content (AvgIpc) is 2.66. The van der Waals surface area contributed by atoms with E-state index in [1.165, 1.54) is 17.7 Å². The Hall–Kier alpha value is -1.75. The van der Waals surface area contributed by atoms with Gasteiger partial charge in [-0.05, 0) is 68.0 Å². The summed E-state index contributed by atoms with van der Waals surface area (Å²) in [4.78, 5) is 2.32. The molecule has 1 fully saturated rings. The number of rotatable bonds is 7. The number of halogens is 1. The van der Waals surface area contributed by atoms with Crippen molar-refractivity contribution in [1.29, 1.82) is 0 Å². The Morgan fingerprint density at radius 1 is 1.00 bits per heavy atom. The maximum absolute atomic E-state index is 13.0. The van der Waals surface area contributed by atoms with Gasteiger partial charge in [-0.1, -0.05) is 42.5 Å². The Bertz CT molecular complexity index is 654. The molecule has 3 nitrogen and oxygen atoms in total. The van der Waals surface area contributed by atoms with Gasteiger partial charge in [0.1, 0.15) is 5.82 Å². The van der Waals surface area contributed by atoms with E-state index in [0.717, 1.165) is 37.9 Å². The first-order valence-corrected chi connectivity index (χ1v) is 9.54. The summed E-state index contributed by atoms with van der Waals surface area (Å²) in [5.74, 6) is 0.455. The van der Waals surface area contributed by atoms with E-state index >= 15 is 0 Å². The van der Waals surface area contributed by atoms with Crippen LogP contribution in [0.2, 0.25) is 0 Å². The number of aliphatic hydroxyl groups excluding tert-OH is 1. The molecule has 0 radical (unpaired) electrons. The number of nitrogens with zero attached hydrogens (tertiary/aromatic N) is 1. The number of hydrogen-bond acceptors (Lipinski definition) is 3. The fourth-order valence-corrected chi connectivity index (χ4v) is 3.75. The van der Waals surface area contributed by atoms with Gasteiger partial charge in [-0.3, -0.25) is 0 Å². The van der Waals surface area contributed by atoms with Crippen molar-refractivity contribution < 1.29 is 9.50 Å². The molecule has 0 saturated carbocycles. The molecule has 0 spiro atoms. The summed E-state index contributed by atoms with van der Waals surface area (Å²) in [6, 6.07) is 16.7. The van der Waals surface area contributed by atoms with Gasteiger partial charge in [0.2, 0.25) is 0 Å². The van der Waals surface area contributed by atoms with Crippen LogP contribution in [-0.4, -0.2) is 41.8 Å². The Morgan fingerprint density at radius 2 is 1.65 bits per heavy atom. The van der Waals surface area contributed by atoms with Crippen LogP contribution in [0.4, 0.5) is 4.39 Å². The molecule has 4 heteroatoms. The van der Waals surface area contributed by atoms with Crippen molar-refractivity contribution >= 4 is 0 Å². The van der Waals surface area contributed by atoms with Crippen molar-refractivity contribution in [3.05, 3.63) is 71.5 Å². The summed E-state index contributed by atoms with van der Waals surface area (Å²) >= 11 is 0. The minimum absolute atomic E-state index is 0.176. The van der Waals surface area contributed by atoms with Crippen molar-refractivity contribution in [3.8, 4) is 0 Å². The van der Waals surface area contributed by atoms with Gasteiger partial charge < -0.3 is 15.7 Å². The van der Waals surface area contributed by atoms with Crippen LogP contribution < -0.4 is 5.73 Å². The van der Waals surface area contributed by atoms with Crippen LogP contribution >= 0.6 is 0 Å². The van der Waals surface area contributed by atoms with Gasteiger partial charge >= 0.3 is 0 Å². The Labute approximate surface area is 155 Å². The lowest BCUT2D eigenvalue weighted by molar-refractivity contribution is 0.0725. The standard InChI is InChI=1S/C22H29FN2O/c23-20-8-6-18(7-9-20)14-19-10-12-25(13-11-19)16-22(26)21(24)15-17-4-2-1-3-5-17/h1-9,19,21-22,26H,10-16,24H2. The van der Waals surface area contributed by atoms with Gasteiger partial charge in [-0.25, -0.2) is 4.39 Å². The second kappa shape index (κ2) is 9.26. The number of β-amino-alcohol motifs (C(OH)–C–C–N with tert-alkyl or cyclic N) is 1. The first kappa shape index (κ1) is 19.0. The van der Waals surface area contributed by atoms with E-state index in [2.05, 4.69) is 4.90 Å². The second-order valence-corrected chi connectivity index (χ2v) is 7.50. The third kappa shape index (κ3) is 5.63. The third-order valence-corrected chi connectivity index (χ3v) is 5.40. The highest BCUT2D eigenvalue weighted by Gasteiger charge is 2.23. The lowest BCUT2D eigenvalue weighted by atomic mass is 9.90. The van der Waals surface area contributed by atoms with Gasteiger partial charge in [0.15, 0.2) is 0 Å². The highest BCUT2D eigenvalue weighted by molar-refractivity contribution is 5.17. The monoisotopic (exact) mass is 356 g/mol. The van der Waals surface area contributed by atoms with Crippen LogP contribution in [-0.2, 0) is 12.8 Å². The molecule has 3 N–H and O–H groups in total. The summed E-state index contributed by atoms with van der Waals surface area (Å²) in [6.07, 6.45) is 3.41. The maximum atomic E-state index is 13.0. The summed E-state index contributed by atoms with van der Waals surface area (Å²) in [7, 11) is 0. The molecule has 26 heavy (non-hydrogen) atoms. The first-order chi connectivity index (χ1) is 12.6.